The highest BCUT2D eigenvalue weighted by molar-refractivity contribution is 9.10. The van der Waals surface area contributed by atoms with E-state index in [-0.39, 0.29) is 0 Å². The summed E-state index contributed by atoms with van der Waals surface area (Å²) in [6.45, 7) is 4.31. The summed E-state index contributed by atoms with van der Waals surface area (Å²) in [6.07, 6.45) is 4.57. The third kappa shape index (κ3) is 3.00. The van der Waals surface area contributed by atoms with Crippen molar-refractivity contribution < 1.29 is 0 Å². The molecule has 0 nitrogen and oxygen atoms in total. The third-order valence-electron chi connectivity index (χ3n) is 2.08. The van der Waals surface area contributed by atoms with E-state index < -0.39 is 0 Å². The minimum Gasteiger partial charge on any atom is -0.0838 e. The maximum atomic E-state index is 3.44. The molecule has 0 atom stereocenters. The molecule has 0 aromatic heterocycles. The van der Waals surface area contributed by atoms with Crippen LogP contribution in [-0.4, -0.2) is 0 Å². The van der Waals surface area contributed by atoms with Crippen molar-refractivity contribution in [2.24, 2.45) is 0 Å². The molecule has 70 valence electrons. The van der Waals surface area contributed by atoms with E-state index in [2.05, 4.69) is 60.1 Å². The molecule has 0 fully saturated rings. The third-order valence-corrected chi connectivity index (χ3v) is 2.61. The van der Waals surface area contributed by atoms with Gasteiger partial charge in [0.2, 0.25) is 0 Å². The lowest BCUT2D eigenvalue weighted by Gasteiger charge is -2.05. The van der Waals surface area contributed by atoms with Crippen molar-refractivity contribution in [3.63, 3.8) is 0 Å². The van der Waals surface area contributed by atoms with E-state index in [0.717, 1.165) is 10.9 Å². The summed E-state index contributed by atoms with van der Waals surface area (Å²) in [5, 5.41) is 0. The average Bonchev–Trinajstić information content (AvgIpc) is 2.16. The van der Waals surface area contributed by atoms with Gasteiger partial charge in [0.25, 0.3) is 0 Å². The Labute approximate surface area is 88.8 Å². The van der Waals surface area contributed by atoms with Gasteiger partial charge in [0.05, 0.1) is 0 Å². The van der Waals surface area contributed by atoms with Gasteiger partial charge in [-0.15, -0.1) is 0 Å². The van der Waals surface area contributed by atoms with Crippen LogP contribution in [0.5, 0.6) is 0 Å². The second-order valence-corrected chi connectivity index (χ2v) is 3.99. The Kier molecular flexibility index (Phi) is 4.23. The molecule has 1 heteroatoms. The molecular weight excluding hydrogens is 224 g/mol. The SMILES string of the molecule is CC=C(CCC)c1ccc(Br)cc1. The Morgan fingerprint density at radius 2 is 1.92 bits per heavy atom. The van der Waals surface area contributed by atoms with Gasteiger partial charge in [-0.25, -0.2) is 0 Å². The zero-order valence-electron chi connectivity index (χ0n) is 8.18. The maximum absolute atomic E-state index is 3.44. The van der Waals surface area contributed by atoms with Crippen LogP contribution in [0.25, 0.3) is 5.57 Å². The lowest BCUT2D eigenvalue weighted by Crippen LogP contribution is -1.83. The molecule has 0 heterocycles. The molecule has 0 aliphatic carbocycles. The standard InChI is InChI=1S/C12H15Br/c1-3-5-10(4-2)11-6-8-12(13)9-7-11/h4,6-9H,3,5H2,1-2H3. The van der Waals surface area contributed by atoms with Crippen molar-refractivity contribution in [2.75, 3.05) is 0 Å². The molecule has 0 saturated carbocycles. The van der Waals surface area contributed by atoms with Gasteiger partial charge in [-0.3, -0.25) is 0 Å². The first kappa shape index (κ1) is 10.5. The van der Waals surface area contributed by atoms with Crippen LogP contribution >= 0.6 is 15.9 Å². The van der Waals surface area contributed by atoms with Crippen molar-refractivity contribution in [1.29, 1.82) is 0 Å². The van der Waals surface area contributed by atoms with Crippen LogP contribution in [0.15, 0.2) is 34.8 Å². The summed E-state index contributed by atoms with van der Waals surface area (Å²) in [5.41, 5.74) is 2.78. The zero-order chi connectivity index (χ0) is 9.68. The van der Waals surface area contributed by atoms with Crippen LogP contribution in [0.2, 0.25) is 0 Å². The molecule has 1 aromatic carbocycles. The summed E-state index contributed by atoms with van der Waals surface area (Å²) in [7, 11) is 0. The van der Waals surface area contributed by atoms with Crippen LogP contribution in [0.1, 0.15) is 32.3 Å². The quantitative estimate of drug-likeness (QED) is 0.720. The van der Waals surface area contributed by atoms with E-state index >= 15 is 0 Å². The van der Waals surface area contributed by atoms with Crippen molar-refractivity contribution in [3.05, 3.63) is 40.4 Å². The van der Waals surface area contributed by atoms with Gasteiger partial charge in [0, 0.05) is 4.47 Å². The molecule has 1 rings (SSSR count). The predicted octanol–water partition coefficient (Wildman–Crippen LogP) is 4.65. The largest absolute Gasteiger partial charge is 0.0838 e. The van der Waals surface area contributed by atoms with E-state index in [4.69, 9.17) is 0 Å². The molecule has 0 radical (unpaired) electrons. The van der Waals surface area contributed by atoms with E-state index in [1.807, 2.05) is 0 Å². The first-order chi connectivity index (χ1) is 6.27. The molecule has 0 unspecified atom stereocenters. The second-order valence-electron chi connectivity index (χ2n) is 3.07. The molecule has 0 spiro atoms. The molecule has 0 bridgehead atoms. The Bertz CT molecular complexity index is 282. The second kappa shape index (κ2) is 5.23. The van der Waals surface area contributed by atoms with Crippen LogP contribution < -0.4 is 0 Å². The molecular formula is C12H15Br. The summed E-state index contributed by atoms with van der Waals surface area (Å²) >= 11 is 3.44. The number of benzene rings is 1. The Hall–Kier alpha value is -0.560. The topological polar surface area (TPSA) is 0 Å². The lowest BCUT2D eigenvalue weighted by atomic mass is 10.0. The number of rotatable bonds is 3. The van der Waals surface area contributed by atoms with Gasteiger partial charge in [0.1, 0.15) is 0 Å². The van der Waals surface area contributed by atoms with Crippen LogP contribution in [0, 0.1) is 0 Å². The minimum absolute atomic E-state index is 1.14. The van der Waals surface area contributed by atoms with Crippen molar-refractivity contribution in [2.45, 2.75) is 26.7 Å². The van der Waals surface area contributed by atoms with E-state index in [9.17, 15) is 0 Å². The highest BCUT2D eigenvalue weighted by atomic mass is 79.9. The van der Waals surface area contributed by atoms with E-state index in [1.165, 1.54) is 17.6 Å². The molecule has 13 heavy (non-hydrogen) atoms. The molecule has 0 saturated heterocycles. The number of hydrogen-bond acceptors (Lipinski definition) is 0. The molecule has 1 aromatic rings. The van der Waals surface area contributed by atoms with E-state index in [0.29, 0.717) is 0 Å². The first-order valence-electron chi connectivity index (χ1n) is 4.69. The van der Waals surface area contributed by atoms with Crippen molar-refractivity contribution in [1.82, 2.24) is 0 Å². The summed E-state index contributed by atoms with van der Waals surface area (Å²) in [6, 6.07) is 8.51. The van der Waals surface area contributed by atoms with Gasteiger partial charge in [-0.05, 0) is 36.6 Å². The van der Waals surface area contributed by atoms with Crippen molar-refractivity contribution in [3.8, 4) is 0 Å². The highest BCUT2D eigenvalue weighted by Gasteiger charge is 1.98. The van der Waals surface area contributed by atoms with Crippen LogP contribution in [0.4, 0.5) is 0 Å². The first-order valence-corrected chi connectivity index (χ1v) is 5.48. The smallest absolute Gasteiger partial charge is 0.0175 e. The maximum Gasteiger partial charge on any atom is 0.0175 e. The number of halogens is 1. The normalized spacial score (nSPS) is 11.8. The van der Waals surface area contributed by atoms with Gasteiger partial charge in [0.15, 0.2) is 0 Å². The van der Waals surface area contributed by atoms with Gasteiger partial charge < -0.3 is 0 Å². The number of hydrogen-bond donors (Lipinski definition) is 0. The summed E-state index contributed by atoms with van der Waals surface area (Å²) in [5.74, 6) is 0. The summed E-state index contributed by atoms with van der Waals surface area (Å²) in [4.78, 5) is 0. The monoisotopic (exact) mass is 238 g/mol. The van der Waals surface area contributed by atoms with Gasteiger partial charge >= 0.3 is 0 Å². The molecule has 0 aliphatic rings. The highest BCUT2D eigenvalue weighted by Crippen LogP contribution is 2.21. The minimum atomic E-state index is 1.14. The molecule has 0 N–H and O–H groups in total. The fourth-order valence-corrected chi connectivity index (χ4v) is 1.65. The van der Waals surface area contributed by atoms with E-state index in [1.54, 1.807) is 0 Å². The number of allylic oxidation sites excluding steroid dienone is 2. The Morgan fingerprint density at radius 1 is 1.31 bits per heavy atom. The Balaban J connectivity index is 2.87. The van der Waals surface area contributed by atoms with Gasteiger partial charge in [-0.2, -0.15) is 0 Å². The zero-order valence-corrected chi connectivity index (χ0v) is 9.76. The molecule has 0 aliphatic heterocycles. The van der Waals surface area contributed by atoms with Gasteiger partial charge in [-0.1, -0.05) is 47.5 Å². The fraction of sp³-hybridized carbons (Fsp3) is 0.333. The Morgan fingerprint density at radius 3 is 2.38 bits per heavy atom. The fourth-order valence-electron chi connectivity index (χ4n) is 1.39. The van der Waals surface area contributed by atoms with Crippen LogP contribution in [0.3, 0.4) is 0 Å². The average molecular weight is 239 g/mol. The molecule has 0 amide bonds. The predicted molar refractivity (Wildman–Crippen MR) is 62.7 cm³/mol. The van der Waals surface area contributed by atoms with Crippen LogP contribution in [-0.2, 0) is 0 Å². The lowest BCUT2D eigenvalue weighted by molar-refractivity contribution is 0.972. The van der Waals surface area contributed by atoms with Crippen molar-refractivity contribution >= 4 is 21.5 Å². The summed E-state index contributed by atoms with van der Waals surface area (Å²) < 4.78 is 1.14.